The van der Waals surface area contributed by atoms with Gasteiger partial charge in [-0.05, 0) is 61.9 Å². The van der Waals surface area contributed by atoms with Gasteiger partial charge in [0.1, 0.15) is 0 Å². The third-order valence-corrected chi connectivity index (χ3v) is 6.48. The van der Waals surface area contributed by atoms with Crippen LogP contribution in [0.4, 0.5) is 11.4 Å². The predicted octanol–water partition coefficient (Wildman–Crippen LogP) is 3.93. The first kappa shape index (κ1) is 25.4. The topological polar surface area (TPSA) is 128 Å². The van der Waals surface area contributed by atoms with Crippen molar-refractivity contribution in [1.29, 1.82) is 0 Å². The third kappa shape index (κ3) is 6.04. The Bertz CT molecular complexity index is 1360. The molecule has 10 heteroatoms. The summed E-state index contributed by atoms with van der Waals surface area (Å²) in [6, 6.07) is 15.0. The van der Waals surface area contributed by atoms with Crippen molar-refractivity contribution >= 4 is 39.2 Å². The van der Waals surface area contributed by atoms with Crippen molar-refractivity contribution in [1.82, 2.24) is 0 Å². The molecular formula is C25H24N2O7S. The maximum atomic E-state index is 13.1. The molecule has 0 saturated carbocycles. The van der Waals surface area contributed by atoms with Gasteiger partial charge in [-0.1, -0.05) is 23.8 Å². The molecule has 0 aliphatic heterocycles. The molecule has 1 amide bonds. The van der Waals surface area contributed by atoms with Crippen LogP contribution < -0.4 is 10.0 Å². The molecule has 0 bridgehead atoms. The number of rotatable bonds is 7. The number of carbonyl (C=O) groups is 3. The van der Waals surface area contributed by atoms with Crippen LogP contribution in [0.1, 0.15) is 42.2 Å². The van der Waals surface area contributed by atoms with Crippen molar-refractivity contribution in [3.63, 3.8) is 0 Å². The highest BCUT2D eigenvalue weighted by Crippen LogP contribution is 2.22. The summed E-state index contributed by atoms with van der Waals surface area (Å²) in [5, 5.41) is 2.60. The van der Waals surface area contributed by atoms with Gasteiger partial charge in [0.05, 0.1) is 30.2 Å². The number of methoxy groups -OCH3 is 2. The Labute approximate surface area is 203 Å². The van der Waals surface area contributed by atoms with E-state index in [0.29, 0.717) is 11.3 Å². The van der Waals surface area contributed by atoms with Crippen LogP contribution in [0.25, 0.3) is 0 Å². The molecular weight excluding hydrogens is 472 g/mol. The number of hydrogen-bond donors (Lipinski definition) is 2. The molecule has 0 spiro atoms. The maximum absolute atomic E-state index is 13.1. The molecule has 3 rings (SSSR count). The van der Waals surface area contributed by atoms with Gasteiger partial charge in [-0.25, -0.2) is 18.0 Å². The second kappa shape index (κ2) is 10.4. The van der Waals surface area contributed by atoms with E-state index < -0.39 is 27.9 Å². The lowest BCUT2D eigenvalue weighted by molar-refractivity contribution is 0.0598. The SMILES string of the molecule is COC(=O)c1cc(NC(=O)c2cc(S(=O)(=O)Nc3ccc(C)cc3)ccc2C)cc(C(=O)OC)c1. The van der Waals surface area contributed by atoms with Crippen LogP contribution in [0.5, 0.6) is 0 Å². The Balaban J connectivity index is 1.93. The monoisotopic (exact) mass is 496 g/mol. The van der Waals surface area contributed by atoms with Crippen molar-refractivity contribution in [2.24, 2.45) is 0 Å². The van der Waals surface area contributed by atoms with Crippen LogP contribution in [0.2, 0.25) is 0 Å². The first-order valence-electron chi connectivity index (χ1n) is 10.4. The highest BCUT2D eigenvalue weighted by Gasteiger charge is 2.20. The summed E-state index contributed by atoms with van der Waals surface area (Å²) in [6.07, 6.45) is 0. The zero-order valence-electron chi connectivity index (χ0n) is 19.5. The fraction of sp³-hybridized carbons (Fsp3) is 0.160. The van der Waals surface area contributed by atoms with Gasteiger partial charge in [0.15, 0.2) is 0 Å². The zero-order valence-corrected chi connectivity index (χ0v) is 20.4. The normalized spacial score (nSPS) is 10.9. The molecule has 182 valence electrons. The average Bonchev–Trinajstić information content (AvgIpc) is 2.84. The summed E-state index contributed by atoms with van der Waals surface area (Å²) in [5.41, 5.74) is 2.17. The van der Waals surface area contributed by atoms with Crippen molar-refractivity contribution in [3.8, 4) is 0 Å². The lowest BCUT2D eigenvalue weighted by Gasteiger charge is -2.13. The molecule has 0 radical (unpaired) electrons. The van der Waals surface area contributed by atoms with Crippen LogP contribution >= 0.6 is 0 Å². The van der Waals surface area contributed by atoms with Crippen molar-refractivity contribution in [2.45, 2.75) is 18.7 Å². The van der Waals surface area contributed by atoms with Gasteiger partial charge >= 0.3 is 11.9 Å². The van der Waals surface area contributed by atoms with Crippen LogP contribution in [0.15, 0.2) is 65.6 Å². The van der Waals surface area contributed by atoms with Crippen molar-refractivity contribution in [2.75, 3.05) is 24.3 Å². The number of hydrogen-bond acceptors (Lipinski definition) is 7. The second-order valence-corrected chi connectivity index (χ2v) is 9.37. The molecule has 0 aliphatic rings. The number of sulfonamides is 1. The summed E-state index contributed by atoms with van der Waals surface area (Å²) < 4.78 is 37.7. The molecule has 0 fully saturated rings. The third-order valence-electron chi connectivity index (χ3n) is 5.10. The van der Waals surface area contributed by atoms with E-state index in [1.807, 2.05) is 6.92 Å². The predicted molar refractivity (Wildman–Crippen MR) is 130 cm³/mol. The zero-order chi connectivity index (χ0) is 25.8. The fourth-order valence-corrected chi connectivity index (χ4v) is 4.30. The van der Waals surface area contributed by atoms with Crippen molar-refractivity contribution in [3.05, 3.63) is 88.5 Å². The molecule has 2 N–H and O–H groups in total. The van der Waals surface area contributed by atoms with Crippen LogP contribution in [0.3, 0.4) is 0 Å². The first-order chi connectivity index (χ1) is 16.5. The van der Waals surface area contributed by atoms with Gasteiger partial charge in [0.25, 0.3) is 15.9 Å². The minimum absolute atomic E-state index is 0.0287. The van der Waals surface area contributed by atoms with Gasteiger partial charge in [0.2, 0.25) is 0 Å². The molecule has 9 nitrogen and oxygen atoms in total. The van der Waals surface area contributed by atoms with Gasteiger partial charge < -0.3 is 14.8 Å². The number of nitrogens with one attached hydrogen (secondary N) is 2. The summed E-state index contributed by atoms with van der Waals surface area (Å²) in [4.78, 5) is 37.0. The van der Waals surface area contributed by atoms with Crippen LogP contribution in [-0.4, -0.2) is 40.5 Å². The number of amides is 1. The summed E-state index contributed by atoms with van der Waals surface area (Å²) in [7, 11) is -1.60. The second-order valence-electron chi connectivity index (χ2n) is 7.68. The minimum atomic E-state index is -3.97. The lowest BCUT2D eigenvalue weighted by Crippen LogP contribution is -2.18. The number of benzene rings is 3. The molecule has 0 unspecified atom stereocenters. The first-order valence-corrected chi connectivity index (χ1v) is 11.9. The van der Waals surface area contributed by atoms with Gasteiger partial charge in [-0.2, -0.15) is 0 Å². The van der Waals surface area contributed by atoms with E-state index in [9.17, 15) is 22.8 Å². The highest BCUT2D eigenvalue weighted by molar-refractivity contribution is 7.92. The Morgan fingerprint density at radius 1 is 0.743 bits per heavy atom. The molecule has 0 heterocycles. The van der Waals surface area contributed by atoms with Gasteiger partial charge in [-0.3, -0.25) is 9.52 Å². The Morgan fingerprint density at radius 3 is 1.86 bits per heavy atom. The summed E-state index contributed by atoms with van der Waals surface area (Å²) in [6.45, 7) is 3.54. The molecule has 0 aliphatic carbocycles. The van der Waals surface area contributed by atoms with E-state index in [1.165, 1.54) is 50.6 Å². The Morgan fingerprint density at radius 2 is 1.31 bits per heavy atom. The number of esters is 2. The highest BCUT2D eigenvalue weighted by atomic mass is 32.2. The standard InChI is InChI=1S/C25H24N2O7S/c1-15-5-8-19(9-6-15)27-35(31,32)21-10-7-16(2)22(14-21)23(28)26-20-12-17(24(29)33-3)11-18(13-20)25(30)34-4/h5-14,27H,1-4H3,(H,26,28). The molecule has 3 aromatic carbocycles. The molecule has 0 aromatic heterocycles. The largest absolute Gasteiger partial charge is 0.465 e. The van der Waals surface area contributed by atoms with E-state index in [4.69, 9.17) is 9.47 Å². The van der Waals surface area contributed by atoms with Crippen molar-refractivity contribution < 1.29 is 32.3 Å². The smallest absolute Gasteiger partial charge is 0.337 e. The number of anilines is 2. The minimum Gasteiger partial charge on any atom is -0.465 e. The van der Waals surface area contributed by atoms with E-state index in [0.717, 1.165) is 5.56 Å². The fourth-order valence-electron chi connectivity index (χ4n) is 3.22. The van der Waals surface area contributed by atoms with E-state index in [2.05, 4.69) is 10.0 Å². The lowest BCUT2D eigenvalue weighted by atomic mass is 10.1. The average molecular weight is 497 g/mol. The molecule has 0 saturated heterocycles. The number of ether oxygens (including phenoxy) is 2. The molecule has 3 aromatic rings. The Kier molecular flexibility index (Phi) is 7.55. The Hall–Kier alpha value is -4.18. The van der Waals surface area contributed by atoms with Crippen LogP contribution in [-0.2, 0) is 19.5 Å². The van der Waals surface area contributed by atoms with E-state index in [-0.39, 0.29) is 27.3 Å². The van der Waals surface area contributed by atoms with Gasteiger partial charge in [0, 0.05) is 16.9 Å². The maximum Gasteiger partial charge on any atom is 0.337 e. The number of carbonyl (C=O) groups excluding carboxylic acids is 3. The number of aryl methyl sites for hydroxylation is 2. The van der Waals surface area contributed by atoms with Gasteiger partial charge in [-0.15, -0.1) is 0 Å². The molecule has 35 heavy (non-hydrogen) atoms. The molecule has 0 atom stereocenters. The van der Waals surface area contributed by atoms with Crippen LogP contribution in [0, 0.1) is 13.8 Å². The quantitative estimate of drug-likeness (QED) is 0.474. The van der Waals surface area contributed by atoms with E-state index in [1.54, 1.807) is 31.2 Å². The van der Waals surface area contributed by atoms with E-state index >= 15 is 0 Å². The summed E-state index contributed by atoms with van der Waals surface area (Å²) in [5.74, 6) is -2.05. The summed E-state index contributed by atoms with van der Waals surface area (Å²) >= 11 is 0.